The number of ether oxygens (including phenoxy) is 2. The van der Waals surface area contributed by atoms with Gasteiger partial charge < -0.3 is 19.7 Å². The number of carbonyl (C=O) groups excluding carboxylic acids is 3. The van der Waals surface area contributed by atoms with Crippen molar-refractivity contribution in [2.24, 2.45) is 10.8 Å². The number of carboxylic acids is 2. The van der Waals surface area contributed by atoms with E-state index in [2.05, 4.69) is 0 Å². The van der Waals surface area contributed by atoms with Crippen LogP contribution in [0.3, 0.4) is 0 Å². The maximum absolute atomic E-state index is 13.2. The number of allylic oxidation sites excluding steroid dienone is 2. The second kappa shape index (κ2) is 10.0. The Bertz CT molecular complexity index is 938. The van der Waals surface area contributed by atoms with Gasteiger partial charge in [0.1, 0.15) is 0 Å². The highest BCUT2D eigenvalue weighted by Crippen LogP contribution is 2.49. The highest BCUT2D eigenvalue weighted by molar-refractivity contribution is 6.20. The number of carbonyl (C=O) groups is 5. The molecule has 0 radical (unpaired) electrons. The summed E-state index contributed by atoms with van der Waals surface area (Å²) in [6.07, 6.45) is 3.05. The standard InChI is InChI=1S/C23H24O9/c1-3-12-31-20(29)23(21(30)32-13-4-2)14-16(17(24)15-8-6-5-7-9-15)10-11-22(23,18(25)26)19(27)28/h5-11,14H,3-4,12-13H2,1-2H3,(H,25,26)(H,27,28). The van der Waals surface area contributed by atoms with Gasteiger partial charge in [-0.05, 0) is 18.9 Å². The van der Waals surface area contributed by atoms with Gasteiger partial charge >= 0.3 is 23.9 Å². The molecule has 0 saturated carbocycles. The number of rotatable bonds is 10. The molecule has 0 bridgehead atoms. The van der Waals surface area contributed by atoms with Crippen LogP contribution in [0.2, 0.25) is 0 Å². The Morgan fingerprint density at radius 1 is 0.812 bits per heavy atom. The van der Waals surface area contributed by atoms with Crippen molar-refractivity contribution in [1.82, 2.24) is 0 Å². The lowest BCUT2D eigenvalue weighted by Gasteiger charge is -2.39. The van der Waals surface area contributed by atoms with Crippen LogP contribution in [0.1, 0.15) is 37.0 Å². The van der Waals surface area contributed by atoms with E-state index in [0.29, 0.717) is 18.9 Å². The Balaban J connectivity index is 2.82. The van der Waals surface area contributed by atoms with E-state index in [1.54, 1.807) is 32.0 Å². The third kappa shape index (κ3) is 4.05. The first-order valence-corrected chi connectivity index (χ1v) is 10.0. The molecule has 170 valence electrons. The summed E-state index contributed by atoms with van der Waals surface area (Å²) in [5, 5.41) is 19.8. The normalized spacial score (nSPS) is 15.9. The van der Waals surface area contributed by atoms with Crippen LogP contribution >= 0.6 is 0 Å². The van der Waals surface area contributed by atoms with E-state index in [1.165, 1.54) is 12.1 Å². The average molecular weight is 444 g/mol. The number of ketones is 1. The molecule has 1 aliphatic carbocycles. The zero-order chi connectivity index (χ0) is 23.9. The molecule has 0 heterocycles. The SMILES string of the molecule is CCCOC(=O)C1(C(=O)OCCC)C=C(C(=O)c2ccccc2)C=CC1(C(=O)O)C(=O)O. The molecule has 1 aromatic rings. The van der Waals surface area contributed by atoms with Crippen molar-refractivity contribution in [2.75, 3.05) is 13.2 Å². The molecule has 0 aromatic heterocycles. The van der Waals surface area contributed by atoms with Crippen LogP contribution in [0.5, 0.6) is 0 Å². The predicted molar refractivity (Wildman–Crippen MR) is 111 cm³/mol. The first-order chi connectivity index (χ1) is 15.2. The summed E-state index contributed by atoms with van der Waals surface area (Å²) in [4.78, 5) is 63.9. The van der Waals surface area contributed by atoms with Gasteiger partial charge in [-0.3, -0.25) is 24.0 Å². The minimum atomic E-state index is -3.08. The first kappa shape index (κ1) is 24.5. The molecule has 9 nitrogen and oxygen atoms in total. The monoisotopic (exact) mass is 444 g/mol. The summed E-state index contributed by atoms with van der Waals surface area (Å²) < 4.78 is 10.1. The fraction of sp³-hybridized carbons (Fsp3) is 0.348. The molecular weight excluding hydrogens is 420 g/mol. The summed E-state index contributed by atoms with van der Waals surface area (Å²) >= 11 is 0. The number of benzene rings is 1. The van der Waals surface area contributed by atoms with Gasteiger partial charge in [-0.15, -0.1) is 0 Å². The van der Waals surface area contributed by atoms with E-state index >= 15 is 0 Å². The van der Waals surface area contributed by atoms with Gasteiger partial charge in [0.05, 0.1) is 13.2 Å². The first-order valence-electron chi connectivity index (χ1n) is 10.0. The Hall–Kier alpha value is -3.75. The van der Waals surface area contributed by atoms with Crippen LogP contribution in [0.4, 0.5) is 0 Å². The molecule has 0 fully saturated rings. The third-order valence-electron chi connectivity index (χ3n) is 5.00. The van der Waals surface area contributed by atoms with Crippen LogP contribution in [0.25, 0.3) is 0 Å². The lowest BCUT2D eigenvalue weighted by Crippen LogP contribution is -2.61. The second-order valence-corrected chi connectivity index (χ2v) is 7.13. The van der Waals surface area contributed by atoms with E-state index in [9.17, 15) is 34.2 Å². The maximum Gasteiger partial charge on any atom is 0.329 e. The van der Waals surface area contributed by atoms with Crippen LogP contribution in [-0.4, -0.2) is 53.1 Å². The lowest BCUT2D eigenvalue weighted by molar-refractivity contribution is -0.190. The predicted octanol–water partition coefficient (Wildman–Crippen LogP) is 2.41. The zero-order valence-electron chi connectivity index (χ0n) is 17.7. The minimum Gasteiger partial charge on any atom is -0.480 e. The molecule has 0 aliphatic heterocycles. The molecule has 0 spiro atoms. The summed E-state index contributed by atoms with van der Waals surface area (Å²) in [7, 11) is 0. The summed E-state index contributed by atoms with van der Waals surface area (Å²) in [5.74, 6) is -7.45. The van der Waals surface area contributed by atoms with Crippen molar-refractivity contribution >= 4 is 29.7 Å². The molecule has 1 aromatic carbocycles. The zero-order valence-corrected chi connectivity index (χ0v) is 17.7. The van der Waals surface area contributed by atoms with Gasteiger partial charge in [-0.2, -0.15) is 0 Å². The molecule has 0 unspecified atom stereocenters. The lowest BCUT2D eigenvalue weighted by atomic mass is 9.59. The maximum atomic E-state index is 13.2. The fourth-order valence-electron chi connectivity index (χ4n) is 3.35. The molecule has 9 heteroatoms. The number of Topliss-reactive ketones (excluding diaryl/α,β-unsaturated/α-hetero) is 1. The van der Waals surface area contributed by atoms with Crippen LogP contribution in [0.15, 0.2) is 54.1 Å². The molecule has 2 rings (SSSR count). The number of esters is 2. The second-order valence-electron chi connectivity index (χ2n) is 7.13. The van der Waals surface area contributed by atoms with Crippen molar-refractivity contribution in [2.45, 2.75) is 26.7 Å². The van der Waals surface area contributed by atoms with Crippen LogP contribution < -0.4 is 0 Å². The van der Waals surface area contributed by atoms with Crippen molar-refractivity contribution in [3.05, 3.63) is 59.7 Å². The Kier molecular flexibility index (Phi) is 7.69. The number of carboxylic acid groups (broad SMARTS) is 2. The Morgan fingerprint density at radius 3 is 1.75 bits per heavy atom. The summed E-state index contributed by atoms with van der Waals surface area (Å²) in [5.41, 5.74) is -6.08. The molecule has 2 N–H and O–H groups in total. The highest BCUT2D eigenvalue weighted by atomic mass is 16.6. The van der Waals surface area contributed by atoms with Gasteiger partial charge in [-0.1, -0.05) is 56.3 Å². The van der Waals surface area contributed by atoms with E-state index in [1.807, 2.05) is 0 Å². The Labute approximate surface area is 184 Å². The van der Waals surface area contributed by atoms with Gasteiger partial charge in [-0.25, -0.2) is 0 Å². The summed E-state index contributed by atoms with van der Waals surface area (Å²) in [6, 6.07) is 7.84. The molecular formula is C23H24O9. The van der Waals surface area contributed by atoms with E-state index < -0.39 is 40.5 Å². The molecule has 0 saturated heterocycles. The highest BCUT2D eigenvalue weighted by Gasteiger charge is 2.71. The van der Waals surface area contributed by atoms with Gasteiger partial charge in [0, 0.05) is 11.1 Å². The molecule has 32 heavy (non-hydrogen) atoms. The number of hydrogen-bond acceptors (Lipinski definition) is 7. The molecule has 1 aliphatic rings. The number of aliphatic carboxylic acids is 2. The van der Waals surface area contributed by atoms with Gasteiger partial charge in [0.25, 0.3) is 0 Å². The van der Waals surface area contributed by atoms with Crippen molar-refractivity contribution in [3.8, 4) is 0 Å². The van der Waals surface area contributed by atoms with Crippen LogP contribution in [0, 0.1) is 10.8 Å². The largest absolute Gasteiger partial charge is 0.480 e. The van der Waals surface area contributed by atoms with Crippen molar-refractivity contribution < 1.29 is 43.7 Å². The number of hydrogen-bond donors (Lipinski definition) is 2. The van der Waals surface area contributed by atoms with Crippen molar-refractivity contribution in [1.29, 1.82) is 0 Å². The molecule has 0 amide bonds. The molecule has 0 atom stereocenters. The topological polar surface area (TPSA) is 144 Å². The van der Waals surface area contributed by atoms with E-state index in [0.717, 1.165) is 12.2 Å². The van der Waals surface area contributed by atoms with Crippen LogP contribution in [-0.2, 0) is 28.7 Å². The summed E-state index contributed by atoms with van der Waals surface area (Å²) in [6.45, 7) is 2.93. The fourth-order valence-corrected chi connectivity index (χ4v) is 3.35. The van der Waals surface area contributed by atoms with Gasteiger partial charge in [0.2, 0.25) is 10.8 Å². The van der Waals surface area contributed by atoms with E-state index in [-0.39, 0.29) is 24.4 Å². The minimum absolute atomic E-state index is 0.194. The quantitative estimate of drug-likeness (QED) is 0.316. The Morgan fingerprint density at radius 2 is 1.31 bits per heavy atom. The van der Waals surface area contributed by atoms with Crippen molar-refractivity contribution in [3.63, 3.8) is 0 Å². The van der Waals surface area contributed by atoms with Gasteiger partial charge in [0.15, 0.2) is 5.78 Å². The third-order valence-corrected chi connectivity index (χ3v) is 5.00. The average Bonchev–Trinajstić information content (AvgIpc) is 2.79. The van der Waals surface area contributed by atoms with E-state index in [4.69, 9.17) is 9.47 Å². The smallest absolute Gasteiger partial charge is 0.329 e.